The number of sulfonamides is 1. The summed E-state index contributed by atoms with van der Waals surface area (Å²) in [6, 6.07) is 3.10. The van der Waals surface area contributed by atoms with Crippen LogP contribution in [-0.2, 0) is 14.8 Å². The highest BCUT2D eigenvalue weighted by Crippen LogP contribution is 2.19. The molecule has 5 nitrogen and oxygen atoms in total. The maximum Gasteiger partial charge on any atom is 0.240 e. The molecule has 0 fully saturated rings. The lowest BCUT2D eigenvalue weighted by Gasteiger charge is -2.06. The molecule has 100 valence electrons. The van der Waals surface area contributed by atoms with Gasteiger partial charge in [0.05, 0.1) is 9.92 Å². The van der Waals surface area contributed by atoms with Gasteiger partial charge in [0.2, 0.25) is 15.9 Å². The van der Waals surface area contributed by atoms with Crippen molar-refractivity contribution in [2.24, 2.45) is 5.73 Å². The van der Waals surface area contributed by atoms with E-state index >= 15 is 0 Å². The number of nitrogens with one attached hydrogen (secondary N) is 1. The van der Waals surface area contributed by atoms with Gasteiger partial charge in [0.15, 0.2) is 0 Å². The maximum atomic E-state index is 12.9. The number of nitrogens with two attached hydrogens (primary N) is 1. The quantitative estimate of drug-likeness (QED) is 0.768. The van der Waals surface area contributed by atoms with E-state index in [1.165, 1.54) is 0 Å². The molecule has 1 amide bonds. The zero-order valence-corrected chi connectivity index (χ0v) is 10.9. The summed E-state index contributed by atoms with van der Waals surface area (Å²) < 4.78 is 38.6. The first-order valence-corrected chi connectivity index (χ1v) is 6.92. The van der Waals surface area contributed by atoms with Crippen LogP contribution in [0.1, 0.15) is 12.8 Å². The molecule has 0 bridgehead atoms. The minimum atomic E-state index is -3.75. The first kappa shape index (κ1) is 14.9. The fraction of sp³-hybridized carbons (Fsp3) is 0.300. The number of hydrogen-bond donors (Lipinski definition) is 2. The highest BCUT2D eigenvalue weighted by molar-refractivity contribution is 7.89. The number of amides is 1. The molecule has 1 aromatic carbocycles. The van der Waals surface area contributed by atoms with Crippen molar-refractivity contribution in [3.05, 3.63) is 29.0 Å². The number of benzene rings is 1. The third-order valence-electron chi connectivity index (χ3n) is 2.09. The van der Waals surface area contributed by atoms with Crippen LogP contribution in [0.4, 0.5) is 4.39 Å². The molecule has 18 heavy (non-hydrogen) atoms. The Hall–Kier alpha value is -1.18. The number of carbonyl (C=O) groups excluding carboxylic acids is 1. The largest absolute Gasteiger partial charge is 0.370 e. The van der Waals surface area contributed by atoms with Crippen molar-refractivity contribution in [2.45, 2.75) is 17.7 Å². The van der Waals surface area contributed by atoms with Crippen molar-refractivity contribution >= 4 is 27.5 Å². The standard InChI is InChI=1S/C10H12ClFN2O3S/c11-8-6-7(3-4-9(8)12)18(16,17)14-5-1-2-10(13)15/h3-4,6,14H,1-2,5H2,(H2,13,15). The molecule has 0 heterocycles. The van der Waals surface area contributed by atoms with Gasteiger partial charge in [-0.15, -0.1) is 0 Å². The SMILES string of the molecule is NC(=O)CCCNS(=O)(=O)c1ccc(F)c(Cl)c1. The van der Waals surface area contributed by atoms with Gasteiger partial charge in [-0.05, 0) is 24.6 Å². The van der Waals surface area contributed by atoms with Gasteiger partial charge in [0.25, 0.3) is 0 Å². The van der Waals surface area contributed by atoms with Crippen molar-refractivity contribution in [2.75, 3.05) is 6.54 Å². The van der Waals surface area contributed by atoms with E-state index in [2.05, 4.69) is 4.72 Å². The molecule has 0 saturated carbocycles. The van der Waals surface area contributed by atoms with Gasteiger partial charge in [-0.3, -0.25) is 4.79 Å². The van der Waals surface area contributed by atoms with Crippen LogP contribution in [0.5, 0.6) is 0 Å². The highest BCUT2D eigenvalue weighted by Gasteiger charge is 2.15. The van der Waals surface area contributed by atoms with Gasteiger partial charge in [-0.25, -0.2) is 17.5 Å². The molecule has 0 spiro atoms. The molecule has 0 aliphatic rings. The Morgan fingerprint density at radius 3 is 2.67 bits per heavy atom. The van der Waals surface area contributed by atoms with Crippen LogP contribution in [-0.4, -0.2) is 20.9 Å². The molecule has 0 aliphatic heterocycles. The fourth-order valence-corrected chi connectivity index (χ4v) is 2.54. The number of halogens is 2. The number of carbonyl (C=O) groups is 1. The van der Waals surface area contributed by atoms with Crippen LogP contribution >= 0.6 is 11.6 Å². The topological polar surface area (TPSA) is 89.3 Å². The van der Waals surface area contributed by atoms with E-state index in [-0.39, 0.29) is 22.9 Å². The molecule has 1 rings (SSSR count). The van der Waals surface area contributed by atoms with E-state index in [0.29, 0.717) is 6.42 Å². The van der Waals surface area contributed by atoms with Gasteiger partial charge in [-0.2, -0.15) is 0 Å². The summed E-state index contributed by atoms with van der Waals surface area (Å²) in [5.74, 6) is -1.19. The summed E-state index contributed by atoms with van der Waals surface area (Å²) >= 11 is 5.49. The van der Waals surface area contributed by atoms with Gasteiger partial charge in [0.1, 0.15) is 5.82 Å². The Morgan fingerprint density at radius 1 is 1.44 bits per heavy atom. The minimum absolute atomic E-state index is 0.0697. The Morgan fingerprint density at radius 2 is 2.11 bits per heavy atom. The number of primary amides is 1. The highest BCUT2D eigenvalue weighted by atomic mass is 35.5. The molecule has 1 aromatic rings. The molecular weight excluding hydrogens is 283 g/mol. The van der Waals surface area contributed by atoms with E-state index in [0.717, 1.165) is 18.2 Å². The van der Waals surface area contributed by atoms with Crippen molar-refractivity contribution in [3.63, 3.8) is 0 Å². The third-order valence-corrected chi connectivity index (χ3v) is 3.84. The summed E-state index contributed by atoms with van der Waals surface area (Å²) in [5.41, 5.74) is 4.91. The van der Waals surface area contributed by atoms with Crippen LogP contribution in [0, 0.1) is 5.82 Å². The second kappa shape index (κ2) is 6.12. The first-order chi connectivity index (χ1) is 8.33. The summed E-state index contributed by atoms with van der Waals surface area (Å²) in [7, 11) is -3.75. The van der Waals surface area contributed by atoms with Gasteiger partial charge >= 0.3 is 0 Å². The summed E-state index contributed by atoms with van der Waals surface area (Å²) in [5, 5.41) is -0.269. The maximum absolute atomic E-state index is 12.9. The van der Waals surface area contributed by atoms with Crippen molar-refractivity contribution < 1.29 is 17.6 Å². The smallest absolute Gasteiger partial charge is 0.240 e. The monoisotopic (exact) mass is 294 g/mol. The second-order valence-corrected chi connectivity index (χ2v) is 5.72. The summed E-state index contributed by atoms with van der Waals surface area (Å²) in [6.07, 6.45) is 0.385. The number of hydrogen-bond acceptors (Lipinski definition) is 3. The zero-order chi connectivity index (χ0) is 13.8. The summed E-state index contributed by atoms with van der Waals surface area (Å²) in [4.78, 5) is 10.3. The van der Waals surface area contributed by atoms with Gasteiger partial charge in [0, 0.05) is 13.0 Å². The average molecular weight is 295 g/mol. The van der Waals surface area contributed by atoms with Gasteiger partial charge < -0.3 is 5.73 Å². The molecular formula is C10H12ClFN2O3S. The van der Waals surface area contributed by atoms with Crippen LogP contribution in [0.15, 0.2) is 23.1 Å². The molecule has 0 aromatic heterocycles. The lowest BCUT2D eigenvalue weighted by molar-refractivity contribution is -0.118. The van der Waals surface area contributed by atoms with Crippen molar-refractivity contribution in [3.8, 4) is 0 Å². The van der Waals surface area contributed by atoms with Crippen LogP contribution in [0.2, 0.25) is 5.02 Å². The molecule has 0 atom stereocenters. The Labute approximate surface area is 109 Å². The molecule has 3 N–H and O–H groups in total. The summed E-state index contributed by atoms with van der Waals surface area (Å²) in [6.45, 7) is 0.0697. The fourth-order valence-electron chi connectivity index (χ4n) is 1.20. The zero-order valence-electron chi connectivity index (χ0n) is 9.32. The molecule has 8 heteroatoms. The molecule has 0 aliphatic carbocycles. The van der Waals surface area contributed by atoms with Crippen molar-refractivity contribution in [1.29, 1.82) is 0 Å². The molecule has 0 radical (unpaired) electrons. The van der Waals surface area contributed by atoms with Gasteiger partial charge in [-0.1, -0.05) is 11.6 Å². The van der Waals surface area contributed by atoms with Crippen molar-refractivity contribution in [1.82, 2.24) is 4.72 Å². The third kappa shape index (κ3) is 4.25. The average Bonchev–Trinajstić information content (AvgIpc) is 2.28. The molecule has 0 saturated heterocycles. The van der Waals surface area contributed by atoms with E-state index in [9.17, 15) is 17.6 Å². The van der Waals surface area contributed by atoms with Crippen LogP contribution in [0.25, 0.3) is 0 Å². The number of rotatable bonds is 6. The minimum Gasteiger partial charge on any atom is -0.370 e. The van der Waals surface area contributed by atoms with E-state index < -0.39 is 21.7 Å². The first-order valence-electron chi connectivity index (χ1n) is 5.06. The Bertz CT molecular complexity index is 548. The van der Waals surface area contributed by atoms with E-state index in [4.69, 9.17) is 17.3 Å². The van der Waals surface area contributed by atoms with Crippen LogP contribution in [0.3, 0.4) is 0 Å². The molecule has 0 unspecified atom stereocenters. The lowest BCUT2D eigenvalue weighted by atomic mass is 10.3. The van der Waals surface area contributed by atoms with E-state index in [1.807, 2.05) is 0 Å². The normalized spacial score (nSPS) is 11.4. The predicted molar refractivity (Wildman–Crippen MR) is 65.0 cm³/mol. The predicted octanol–water partition coefficient (Wildman–Crippen LogP) is 1.02. The Kier molecular flexibility index (Phi) is 5.06. The Balaban J connectivity index is 2.68. The van der Waals surface area contributed by atoms with Crippen LogP contribution < -0.4 is 10.5 Å². The second-order valence-electron chi connectivity index (χ2n) is 3.54. The van der Waals surface area contributed by atoms with E-state index in [1.54, 1.807) is 0 Å². The lowest BCUT2D eigenvalue weighted by Crippen LogP contribution is -2.25.